The van der Waals surface area contributed by atoms with Gasteiger partial charge in [-0.05, 0) is 6.42 Å². The molecule has 0 aromatic carbocycles. The number of carboxylic acids is 1. The van der Waals surface area contributed by atoms with Gasteiger partial charge in [0.25, 0.3) is 0 Å². The molecule has 0 fully saturated rings. The molecule has 1 atom stereocenters. The van der Waals surface area contributed by atoms with Gasteiger partial charge in [0.2, 0.25) is 0 Å². The van der Waals surface area contributed by atoms with E-state index in [4.69, 9.17) is 5.11 Å². The molecule has 0 aromatic heterocycles. The summed E-state index contributed by atoms with van der Waals surface area (Å²) in [4.78, 5) is 14.0. The standard InChI is InChI=1S/C4H9NO3.CH4/c1-2-3(8-5)4(6)7;/h3H,2,5H2,1H3,(H,6,7);1H4. The van der Waals surface area contributed by atoms with Crippen LogP contribution in [0, 0.1) is 0 Å². The Bertz CT molecular complexity index is 80.3. The Morgan fingerprint density at radius 2 is 2.33 bits per heavy atom. The fourth-order valence-electron chi connectivity index (χ4n) is 0.329. The molecule has 0 aliphatic carbocycles. The van der Waals surface area contributed by atoms with Crippen molar-refractivity contribution in [2.45, 2.75) is 26.9 Å². The first-order valence-electron chi connectivity index (χ1n) is 2.30. The first-order valence-corrected chi connectivity index (χ1v) is 2.30. The summed E-state index contributed by atoms with van der Waals surface area (Å²) in [6.07, 6.45) is -0.457. The lowest BCUT2D eigenvalue weighted by molar-refractivity contribution is -0.150. The lowest BCUT2D eigenvalue weighted by Crippen LogP contribution is -2.25. The van der Waals surface area contributed by atoms with E-state index in [0.717, 1.165) is 0 Å². The topological polar surface area (TPSA) is 72.5 Å². The Labute approximate surface area is 54.6 Å². The highest BCUT2D eigenvalue weighted by molar-refractivity contribution is 5.72. The molecule has 0 rings (SSSR count). The van der Waals surface area contributed by atoms with E-state index in [9.17, 15) is 4.79 Å². The van der Waals surface area contributed by atoms with Crippen molar-refractivity contribution in [1.29, 1.82) is 0 Å². The Morgan fingerprint density at radius 1 is 1.89 bits per heavy atom. The Kier molecular flexibility index (Phi) is 6.89. The summed E-state index contributed by atoms with van der Waals surface area (Å²) in [6, 6.07) is 0. The van der Waals surface area contributed by atoms with Crippen LogP contribution in [0.25, 0.3) is 0 Å². The zero-order valence-corrected chi connectivity index (χ0v) is 4.63. The summed E-state index contributed by atoms with van der Waals surface area (Å²) < 4.78 is 0. The molecule has 0 aliphatic heterocycles. The van der Waals surface area contributed by atoms with Crippen LogP contribution in [-0.2, 0) is 9.63 Å². The molecular weight excluding hydrogens is 122 g/mol. The fourth-order valence-corrected chi connectivity index (χ4v) is 0.329. The number of carbonyl (C=O) groups is 1. The average molecular weight is 135 g/mol. The smallest absolute Gasteiger partial charge is 0.334 e. The molecule has 0 radical (unpaired) electrons. The molecule has 0 aromatic rings. The third kappa shape index (κ3) is 3.93. The molecule has 9 heavy (non-hydrogen) atoms. The van der Waals surface area contributed by atoms with Crippen molar-refractivity contribution in [3.8, 4) is 0 Å². The van der Waals surface area contributed by atoms with Gasteiger partial charge in [-0.25, -0.2) is 10.7 Å². The van der Waals surface area contributed by atoms with Gasteiger partial charge in [0.05, 0.1) is 0 Å². The molecular formula is C5H13NO3. The summed E-state index contributed by atoms with van der Waals surface area (Å²) in [5.41, 5.74) is 0. The lowest BCUT2D eigenvalue weighted by Gasteiger charge is -2.03. The number of aliphatic carboxylic acids is 1. The molecule has 0 spiro atoms. The van der Waals surface area contributed by atoms with Crippen molar-refractivity contribution in [1.82, 2.24) is 0 Å². The van der Waals surface area contributed by atoms with E-state index in [1.54, 1.807) is 6.92 Å². The van der Waals surface area contributed by atoms with E-state index in [0.29, 0.717) is 6.42 Å². The van der Waals surface area contributed by atoms with Crippen molar-refractivity contribution in [2.75, 3.05) is 0 Å². The Hall–Kier alpha value is -0.610. The minimum absolute atomic E-state index is 0. The molecule has 1 unspecified atom stereocenters. The van der Waals surface area contributed by atoms with Crippen LogP contribution in [0.4, 0.5) is 0 Å². The minimum atomic E-state index is -1.02. The first kappa shape index (κ1) is 11.2. The van der Waals surface area contributed by atoms with E-state index in [-0.39, 0.29) is 7.43 Å². The van der Waals surface area contributed by atoms with Crippen LogP contribution in [0.5, 0.6) is 0 Å². The third-order valence-electron chi connectivity index (χ3n) is 0.810. The average Bonchev–Trinajstić information content (AvgIpc) is 1.69. The van der Waals surface area contributed by atoms with E-state index < -0.39 is 12.1 Å². The predicted octanol–water partition coefficient (Wildman–Crippen LogP) is 0.376. The van der Waals surface area contributed by atoms with Crippen molar-refractivity contribution in [3.05, 3.63) is 0 Å². The van der Waals surface area contributed by atoms with Gasteiger partial charge in [0.1, 0.15) is 0 Å². The van der Waals surface area contributed by atoms with Gasteiger partial charge >= 0.3 is 5.97 Å². The fraction of sp³-hybridized carbons (Fsp3) is 0.800. The highest BCUT2D eigenvalue weighted by Crippen LogP contribution is 1.91. The molecule has 4 heteroatoms. The van der Waals surface area contributed by atoms with Crippen LogP contribution in [0.2, 0.25) is 0 Å². The van der Waals surface area contributed by atoms with Crippen LogP contribution in [0.1, 0.15) is 20.8 Å². The normalized spacial score (nSPS) is 11.8. The van der Waals surface area contributed by atoms with Crippen LogP contribution in [0.3, 0.4) is 0 Å². The molecule has 0 amide bonds. The zero-order chi connectivity index (χ0) is 6.57. The second kappa shape index (κ2) is 5.53. The van der Waals surface area contributed by atoms with Gasteiger partial charge < -0.3 is 5.11 Å². The quantitative estimate of drug-likeness (QED) is 0.548. The maximum Gasteiger partial charge on any atom is 0.334 e. The number of carboxylic acid groups (broad SMARTS) is 1. The molecule has 0 heterocycles. The summed E-state index contributed by atoms with van der Waals surface area (Å²) in [7, 11) is 0. The van der Waals surface area contributed by atoms with Crippen LogP contribution in [-0.4, -0.2) is 17.2 Å². The molecule has 0 saturated heterocycles. The van der Waals surface area contributed by atoms with Crippen LogP contribution in [0.15, 0.2) is 0 Å². The molecule has 0 aliphatic rings. The van der Waals surface area contributed by atoms with Crippen molar-refractivity contribution >= 4 is 5.97 Å². The van der Waals surface area contributed by atoms with Gasteiger partial charge in [-0.2, -0.15) is 0 Å². The third-order valence-corrected chi connectivity index (χ3v) is 0.810. The summed E-state index contributed by atoms with van der Waals surface area (Å²) in [5.74, 6) is 3.58. The Morgan fingerprint density at radius 3 is 2.33 bits per heavy atom. The van der Waals surface area contributed by atoms with Crippen molar-refractivity contribution in [3.63, 3.8) is 0 Å². The van der Waals surface area contributed by atoms with Crippen molar-refractivity contribution < 1.29 is 14.7 Å². The maximum atomic E-state index is 9.96. The van der Waals surface area contributed by atoms with Crippen molar-refractivity contribution in [2.24, 2.45) is 5.90 Å². The van der Waals surface area contributed by atoms with E-state index >= 15 is 0 Å². The second-order valence-electron chi connectivity index (χ2n) is 1.37. The first-order chi connectivity index (χ1) is 3.72. The largest absolute Gasteiger partial charge is 0.479 e. The molecule has 0 saturated carbocycles. The lowest BCUT2D eigenvalue weighted by atomic mass is 10.3. The van der Waals surface area contributed by atoms with Gasteiger partial charge in [-0.1, -0.05) is 14.4 Å². The molecule has 56 valence electrons. The summed E-state index contributed by atoms with van der Waals surface area (Å²) in [5, 5.41) is 8.17. The van der Waals surface area contributed by atoms with E-state index in [1.165, 1.54) is 0 Å². The minimum Gasteiger partial charge on any atom is -0.479 e. The van der Waals surface area contributed by atoms with Gasteiger partial charge in [0.15, 0.2) is 6.10 Å². The molecule has 0 bridgehead atoms. The van der Waals surface area contributed by atoms with E-state index in [2.05, 4.69) is 10.7 Å². The van der Waals surface area contributed by atoms with Gasteiger partial charge in [-0.15, -0.1) is 0 Å². The van der Waals surface area contributed by atoms with Gasteiger partial charge in [-0.3, -0.25) is 4.84 Å². The Balaban J connectivity index is 0. The second-order valence-corrected chi connectivity index (χ2v) is 1.37. The highest BCUT2D eigenvalue weighted by Gasteiger charge is 2.12. The summed E-state index contributed by atoms with van der Waals surface area (Å²) in [6.45, 7) is 1.69. The SMILES string of the molecule is C.CCC(ON)C(=O)O. The summed E-state index contributed by atoms with van der Waals surface area (Å²) >= 11 is 0. The number of hydrogen-bond acceptors (Lipinski definition) is 3. The number of rotatable bonds is 3. The molecule has 3 N–H and O–H groups in total. The number of hydrogen-bond donors (Lipinski definition) is 2. The number of nitrogens with two attached hydrogens (primary N) is 1. The molecule has 4 nitrogen and oxygen atoms in total. The van der Waals surface area contributed by atoms with Crippen LogP contribution >= 0.6 is 0 Å². The maximum absolute atomic E-state index is 9.96. The predicted molar refractivity (Wildman–Crippen MR) is 33.7 cm³/mol. The monoisotopic (exact) mass is 135 g/mol. The van der Waals surface area contributed by atoms with Gasteiger partial charge in [0, 0.05) is 0 Å². The van der Waals surface area contributed by atoms with Crippen LogP contribution < -0.4 is 5.90 Å². The van der Waals surface area contributed by atoms with E-state index in [1.807, 2.05) is 0 Å². The highest BCUT2D eigenvalue weighted by atomic mass is 16.6. The zero-order valence-electron chi connectivity index (χ0n) is 4.63.